The molecule has 0 aromatic rings. The van der Waals surface area contributed by atoms with Gasteiger partial charge in [-0.2, -0.15) is 0 Å². The highest BCUT2D eigenvalue weighted by atomic mass is 28.4. The van der Waals surface area contributed by atoms with Gasteiger partial charge in [0, 0.05) is 6.42 Å². The molecule has 0 bridgehead atoms. The van der Waals surface area contributed by atoms with Crippen molar-refractivity contribution in [2.75, 3.05) is 6.54 Å². The van der Waals surface area contributed by atoms with Crippen LogP contribution in [0.15, 0.2) is 0 Å². The molecular weight excluding hydrogens is 286 g/mol. The van der Waals surface area contributed by atoms with Gasteiger partial charge in [-0.1, -0.05) is 44.9 Å². The average Bonchev–Trinajstić information content (AvgIpc) is 2.37. The van der Waals surface area contributed by atoms with Gasteiger partial charge in [0.2, 0.25) is 5.91 Å². The third-order valence-corrected chi connectivity index (χ3v) is 4.96. The van der Waals surface area contributed by atoms with Gasteiger partial charge < -0.3 is 15.2 Å². The summed E-state index contributed by atoms with van der Waals surface area (Å²) in [6.07, 6.45) is 9.38. The first-order valence-corrected chi connectivity index (χ1v) is 11.2. The number of rotatable bonds is 13. The van der Waals surface area contributed by atoms with Crippen molar-refractivity contribution in [1.29, 1.82) is 0 Å². The van der Waals surface area contributed by atoms with E-state index in [0.717, 1.165) is 31.7 Å². The average molecular weight is 318 g/mol. The lowest BCUT2D eigenvalue weighted by Crippen LogP contribution is -2.28. The Morgan fingerprint density at radius 3 is 1.86 bits per heavy atom. The van der Waals surface area contributed by atoms with E-state index in [1.165, 1.54) is 25.7 Å². The molecule has 0 radical (unpaired) electrons. The fourth-order valence-electron chi connectivity index (χ4n) is 2.17. The van der Waals surface area contributed by atoms with Crippen molar-refractivity contribution in [3.8, 4) is 0 Å². The number of amides is 1. The van der Waals surface area contributed by atoms with E-state index in [1.54, 1.807) is 0 Å². The van der Waals surface area contributed by atoms with Gasteiger partial charge in [-0.3, -0.25) is 9.59 Å². The second kappa shape index (κ2) is 11.7. The quantitative estimate of drug-likeness (QED) is 0.360. The lowest BCUT2D eigenvalue weighted by atomic mass is 10.1. The van der Waals surface area contributed by atoms with E-state index < -0.39 is 14.3 Å². The number of hydrogen-bond donors (Lipinski definition) is 3. The Balaban J connectivity index is 3.22. The fraction of sp³-hybridized carbons (Fsp3) is 0.867. The molecule has 5 nitrogen and oxygen atoms in total. The smallest absolute Gasteiger partial charge is 0.322 e. The molecule has 0 atom stereocenters. The predicted octanol–water partition coefficient (Wildman–Crippen LogP) is 2.90. The van der Waals surface area contributed by atoms with E-state index in [0.29, 0.717) is 6.42 Å². The molecular formula is C15H31NO4Si. The van der Waals surface area contributed by atoms with E-state index in [9.17, 15) is 14.4 Å². The molecule has 0 fully saturated rings. The number of carbonyl (C=O) groups is 2. The van der Waals surface area contributed by atoms with Crippen LogP contribution in [-0.2, 0) is 9.59 Å². The number of aliphatic carboxylic acids is 1. The van der Waals surface area contributed by atoms with E-state index in [2.05, 4.69) is 5.32 Å². The SMILES string of the molecule is C[Si](C)(O)CCCCCCCCCCC(=O)NCC(=O)O. The summed E-state index contributed by atoms with van der Waals surface area (Å²) in [5, 5.41) is 10.8. The maximum atomic E-state index is 11.2. The zero-order valence-corrected chi connectivity index (χ0v) is 14.5. The third-order valence-electron chi connectivity index (χ3n) is 3.38. The first-order chi connectivity index (χ1) is 9.81. The normalized spacial score (nSPS) is 11.4. The molecule has 0 rings (SSSR count). The molecule has 0 spiro atoms. The highest BCUT2D eigenvalue weighted by Crippen LogP contribution is 2.14. The lowest BCUT2D eigenvalue weighted by molar-refractivity contribution is -0.137. The Bertz CT molecular complexity index is 303. The molecule has 0 aliphatic rings. The summed E-state index contributed by atoms with van der Waals surface area (Å²) in [5.74, 6) is -1.18. The summed E-state index contributed by atoms with van der Waals surface area (Å²) in [7, 11) is -1.84. The molecule has 0 unspecified atom stereocenters. The van der Waals surface area contributed by atoms with E-state index in [4.69, 9.17) is 5.11 Å². The van der Waals surface area contributed by atoms with Crippen molar-refractivity contribution >= 4 is 20.2 Å². The standard InChI is InChI=1S/C15H31NO4Si/c1-21(2,20)12-10-8-6-4-3-5-7-9-11-14(17)16-13-15(18)19/h20H,3-13H2,1-2H3,(H,16,17)(H,18,19). The van der Waals surface area contributed by atoms with Crippen molar-refractivity contribution in [2.24, 2.45) is 0 Å². The Kier molecular flexibility index (Phi) is 11.2. The number of carboxylic acids is 1. The molecule has 0 aliphatic heterocycles. The Morgan fingerprint density at radius 1 is 0.905 bits per heavy atom. The first-order valence-electron chi connectivity index (χ1n) is 8.02. The monoisotopic (exact) mass is 317 g/mol. The van der Waals surface area contributed by atoms with Gasteiger partial charge in [0.05, 0.1) is 0 Å². The Labute approximate surface area is 129 Å². The van der Waals surface area contributed by atoms with Crippen molar-refractivity contribution in [1.82, 2.24) is 5.32 Å². The van der Waals surface area contributed by atoms with Gasteiger partial charge in [-0.25, -0.2) is 0 Å². The fourth-order valence-corrected chi connectivity index (χ4v) is 3.28. The molecule has 0 aromatic carbocycles. The largest absolute Gasteiger partial charge is 0.480 e. The van der Waals surface area contributed by atoms with Gasteiger partial charge in [-0.05, 0) is 25.6 Å². The van der Waals surface area contributed by atoms with Crippen LogP contribution in [0.3, 0.4) is 0 Å². The van der Waals surface area contributed by atoms with Gasteiger partial charge in [0.15, 0.2) is 8.32 Å². The van der Waals surface area contributed by atoms with E-state index in [1.807, 2.05) is 13.1 Å². The van der Waals surface area contributed by atoms with E-state index in [-0.39, 0.29) is 12.5 Å². The van der Waals surface area contributed by atoms with Crippen LogP contribution >= 0.6 is 0 Å². The molecule has 6 heteroatoms. The maximum Gasteiger partial charge on any atom is 0.322 e. The topological polar surface area (TPSA) is 86.6 Å². The summed E-state index contributed by atoms with van der Waals surface area (Å²) >= 11 is 0. The van der Waals surface area contributed by atoms with Gasteiger partial charge in [0.25, 0.3) is 0 Å². The predicted molar refractivity (Wildman–Crippen MR) is 86.7 cm³/mol. The number of unbranched alkanes of at least 4 members (excludes halogenated alkanes) is 7. The highest BCUT2D eigenvalue weighted by molar-refractivity contribution is 6.69. The summed E-state index contributed by atoms with van der Waals surface area (Å²) in [6.45, 7) is 3.69. The van der Waals surface area contributed by atoms with Crippen LogP contribution in [0.2, 0.25) is 19.1 Å². The molecule has 0 aromatic heterocycles. The zero-order chi connectivity index (χ0) is 16.1. The number of nitrogens with one attached hydrogen (secondary N) is 1. The first kappa shape index (κ1) is 20.1. The zero-order valence-electron chi connectivity index (χ0n) is 13.5. The van der Waals surface area contributed by atoms with Crippen LogP contribution in [0.5, 0.6) is 0 Å². The van der Waals surface area contributed by atoms with Crippen molar-refractivity contribution < 1.29 is 19.5 Å². The molecule has 124 valence electrons. The number of carbonyl (C=O) groups excluding carboxylic acids is 1. The van der Waals surface area contributed by atoms with Crippen molar-refractivity contribution in [2.45, 2.75) is 76.9 Å². The molecule has 0 heterocycles. The molecule has 0 aliphatic carbocycles. The van der Waals surface area contributed by atoms with Crippen LogP contribution in [0.1, 0.15) is 57.8 Å². The number of carboxylic acid groups (broad SMARTS) is 1. The second-order valence-electron chi connectivity index (χ2n) is 6.31. The molecule has 21 heavy (non-hydrogen) atoms. The minimum Gasteiger partial charge on any atom is -0.480 e. The van der Waals surface area contributed by atoms with Crippen molar-refractivity contribution in [3.05, 3.63) is 0 Å². The minimum atomic E-state index is -1.84. The molecule has 0 saturated heterocycles. The van der Waals surface area contributed by atoms with E-state index >= 15 is 0 Å². The minimum absolute atomic E-state index is 0.173. The van der Waals surface area contributed by atoms with Crippen LogP contribution in [0, 0.1) is 0 Å². The molecule has 1 amide bonds. The maximum absolute atomic E-state index is 11.2. The summed E-state index contributed by atoms with van der Waals surface area (Å²) in [4.78, 5) is 31.2. The number of hydrogen-bond acceptors (Lipinski definition) is 3. The van der Waals surface area contributed by atoms with Crippen LogP contribution in [0.25, 0.3) is 0 Å². The summed E-state index contributed by atoms with van der Waals surface area (Å²) < 4.78 is 0. The Hall–Kier alpha value is -0.883. The van der Waals surface area contributed by atoms with Gasteiger partial charge in [0.1, 0.15) is 6.54 Å². The molecule has 3 N–H and O–H groups in total. The van der Waals surface area contributed by atoms with Crippen LogP contribution < -0.4 is 5.32 Å². The summed E-state index contributed by atoms with van der Waals surface area (Å²) in [6, 6.07) is 0.998. The van der Waals surface area contributed by atoms with Crippen LogP contribution in [0.4, 0.5) is 0 Å². The highest BCUT2D eigenvalue weighted by Gasteiger charge is 2.15. The Morgan fingerprint density at radius 2 is 1.38 bits per heavy atom. The second-order valence-corrected chi connectivity index (χ2v) is 10.4. The van der Waals surface area contributed by atoms with Crippen LogP contribution in [-0.4, -0.2) is 36.6 Å². The van der Waals surface area contributed by atoms with Gasteiger partial charge >= 0.3 is 5.97 Å². The van der Waals surface area contributed by atoms with Gasteiger partial charge in [-0.15, -0.1) is 0 Å². The summed E-state index contributed by atoms with van der Waals surface area (Å²) in [5.41, 5.74) is 0. The lowest BCUT2D eigenvalue weighted by Gasteiger charge is -2.12. The molecule has 0 saturated carbocycles. The van der Waals surface area contributed by atoms with Crippen molar-refractivity contribution in [3.63, 3.8) is 0 Å². The third kappa shape index (κ3) is 17.1.